The number of nitrogens with zero attached hydrogens (tertiary/aromatic N) is 2. The Morgan fingerprint density at radius 1 is 1.35 bits per heavy atom. The second-order valence-corrected chi connectivity index (χ2v) is 6.35. The molecule has 0 unspecified atom stereocenters. The molecule has 0 saturated carbocycles. The lowest BCUT2D eigenvalue weighted by Crippen LogP contribution is -2.38. The van der Waals surface area contributed by atoms with Gasteiger partial charge in [0.05, 0.1) is 0 Å². The minimum atomic E-state index is 0.292. The third-order valence-electron chi connectivity index (χ3n) is 3.58. The second kappa shape index (κ2) is 12.2. The first kappa shape index (κ1) is 19.7. The smallest absolute Gasteiger partial charge is 0.222 e. The maximum absolute atomic E-state index is 11.5. The van der Waals surface area contributed by atoms with Gasteiger partial charge in [-0.05, 0) is 32.1 Å². The Hall–Kier alpha value is -1.30. The van der Waals surface area contributed by atoms with Crippen molar-refractivity contribution in [3.63, 3.8) is 0 Å². The van der Waals surface area contributed by atoms with Gasteiger partial charge >= 0.3 is 0 Å². The molecule has 1 aliphatic rings. The average molecular weight is 326 g/mol. The Kier molecular flexibility index (Phi) is 10.4. The molecule has 6 nitrogen and oxygen atoms in total. The predicted octanol–water partition coefficient (Wildman–Crippen LogP) is 1.62. The zero-order valence-electron chi connectivity index (χ0n) is 15.1. The highest BCUT2D eigenvalue weighted by Crippen LogP contribution is 2.09. The summed E-state index contributed by atoms with van der Waals surface area (Å²) in [6.45, 7) is 12.2. The standard InChI is InChI=1S/C17H34N4O2/c1-4-18-17(20-10-7-13-23-14-15(2)3)19-9-6-12-21-11-5-8-16(21)22/h15H,4-14H2,1-3H3,(H2,18,19,20). The number of nitrogens with one attached hydrogen (secondary N) is 2. The lowest BCUT2D eigenvalue weighted by atomic mass is 10.2. The molecule has 1 aliphatic heterocycles. The Morgan fingerprint density at radius 3 is 2.83 bits per heavy atom. The van der Waals surface area contributed by atoms with Crippen molar-refractivity contribution in [2.75, 3.05) is 45.9 Å². The van der Waals surface area contributed by atoms with Crippen LogP contribution in [-0.4, -0.2) is 62.7 Å². The molecule has 0 atom stereocenters. The Labute approximate surface area is 141 Å². The third-order valence-corrected chi connectivity index (χ3v) is 3.58. The number of likely N-dealkylation sites (tertiary alicyclic amines) is 1. The monoisotopic (exact) mass is 326 g/mol. The summed E-state index contributed by atoms with van der Waals surface area (Å²) >= 11 is 0. The summed E-state index contributed by atoms with van der Waals surface area (Å²) in [5.41, 5.74) is 0. The molecule has 0 aliphatic carbocycles. The molecule has 0 spiro atoms. The first-order chi connectivity index (χ1) is 11.1. The quantitative estimate of drug-likeness (QED) is 0.344. The fourth-order valence-electron chi connectivity index (χ4n) is 2.43. The van der Waals surface area contributed by atoms with Gasteiger partial charge in [-0.2, -0.15) is 0 Å². The third kappa shape index (κ3) is 9.43. The molecule has 1 heterocycles. The highest BCUT2D eigenvalue weighted by molar-refractivity contribution is 5.79. The number of hydrogen-bond acceptors (Lipinski definition) is 3. The first-order valence-electron chi connectivity index (χ1n) is 9.01. The van der Waals surface area contributed by atoms with Crippen LogP contribution in [0.3, 0.4) is 0 Å². The topological polar surface area (TPSA) is 66.0 Å². The summed E-state index contributed by atoms with van der Waals surface area (Å²) in [6.07, 6.45) is 3.61. The molecule has 134 valence electrons. The van der Waals surface area contributed by atoms with Crippen LogP contribution >= 0.6 is 0 Å². The van der Waals surface area contributed by atoms with Crippen molar-refractivity contribution in [1.29, 1.82) is 0 Å². The molecule has 0 radical (unpaired) electrons. The van der Waals surface area contributed by atoms with Gasteiger partial charge in [-0.1, -0.05) is 13.8 Å². The van der Waals surface area contributed by atoms with Crippen LogP contribution in [0.5, 0.6) is 0 Å². The predicted molar refractivity (Wildman–Crippen MR) is 94.7 cm³/mol. The van der Waals surface area contributed by atoms with Crippen LogP contribution in [0.4, 0.5) is 0 Å². The summed E-state index contributed by atoms with van der Waals surface area (Å²) in [6, 6.07) is 0. The lowest BCUT2D eigenvalue weighted by molar-refractivity contribution is -0.127. The molecule has 1 saturated heterocycles. The fraction of sp³-hybridized carbons (Fsp3) is 0.882. The van der Waals surface area contributed by atoms with E-state index in [0.717, 1.165) is 71.2 Å². The molecule has 1 rings (SSSR count). The highest BCUT2D eigenvalue weighted by Gasteiger charge is 2.18. The van der Waals surface area contributed by atoms with Crippen molar-refractivity contribution in [2.24, 2.45) is 10.9 Å². The maximum atomic E-state index is 11.5. The van der Waals surface area contributed by atoms with Crippen LogP contribution < -0.4 is 10.6 Å². The van der Waals surface area contributed by atoms with Crippen LogP contribution in [0.1, 0.15) is 46.5 Å². The number of hydrogen-bond donors (Lipinski definition) is 2. The second-order valence-electron chi connectivity index (χ2n) is 6.35. The highest BCUT2D eigenvalue weighted by atomic mass is 16.5. The molecule has 1 fully saturated rings. The van der Waals surface area contributed by atoms with Gasteiger partial charge in [-0.25, -0.2) is 0 Å². The van der Waals surface area contributed by atoms with Gasteiger partial charge in [0.1, 0.15) is 0 Å². The zero-order valence-corrected chi connectivity index (χ0v) is 15.1. The first-order valence-corrected chi connectivity index (χ1v) is 9.01. The zero-order chi connectivity index (χ0) is 16.9. The van der Waals surface area contributed by atoms with Gasteiger partial charge in [0.25, 0.3) is 0 Å². The summed E-state index contributed by atoms with van der Waals surface area (Å²) in [5.74, 6) is 1.73. The van der Waals surface area contributed by atoms with Gasteiger partial charge in [0, 0.05) is 52.4 Å². The van der Waals surface area contributed by atoms with E-state index in [2.05, 4.69) is 36.4 Å². The molecule has 0 aromatic heterocycles. The molecule has 23 heavy (non-hydrogen) atoms. The number of carbonyl (C=O) groups is 1. The summed E-state index contributed by atoms with van der Waals surface area (Å²) in [7, 11) is 0. The van der Waals surface area contributed by atoms with Gasteiger partial charge in [-0.15, -0.1) is 0 Å². The van der Waals surface area contributed by atoms with Crippen molar-refractivity contribution >= 4 is 11.9 Å². The van der Waals surface area contributed by atoms with E-state index in [1.807, 2.05) is 4.90 Å². The molecule has 0 bridgehead atoms. The number of ether oxygens (including phenoxy) is 1. The van der Waals surface area contributed by atoms with E-state index < -0.39 is 0 Å². The van der Waals surface area contributed by atoms with E-state index in [-0.39, 0.29) is 0 Å². The number of carbonyl (C=O) groups excluding carboxylic acids is 1. The molecule has 1 amide bonds. The van der Waals surface area contributed by atoms with Gasteiger partial charge in [0.15, 0.2) is 5.96 Å². The normalized spacial score (nSPS) is 15.6. The van der Waals surface area contributed by atoms with Crippen molar-refractivity contribution in [3.8, 4) is 0 Å². The van der Waals surface area contributed by atoms with Crippen LogP contribution in [0.15, 0.2) is 4.99 Å². The van der Waals surface area contributed by atoms with E-state index >= 15 is 0 Å². The number of amides is 1. The Bertz CT molecular complexity index is 359. The fourth-order valence-corrected chi connectivity index (χ4v) is 2.43. The van der Waals surface area contributed by atoms with Gasteiger partial charge in [-0.3, -0.25) is 9.79 Å². The molecular weight excluding hydrogens is 292 g/mol. The van der Waals surface area contributed by atoms with Crippen molar-refractivity contribution < 1.29 is 9.53 Å². The molecular formula is C17H34N4O2. The SMILES string of the molecule is CCNC(=NCCCN1CCCC1=O)NCCCOCC(C)C. The van der Waals surface area contributed by atoms with Crippen LogP contribution in [0.2, 0.25) is 0 Å². The lowest BCUT2D eigenvalue weighted by Gasteiger charge is -2.15. The number of rotatable bonds is 11. The van der Waals surface area contributed by atoms with Crippen LogP contribution in [0, 0.1) is 5.92 Å². The van der Waals surface area contributed by atoms with Crippen molar-refractivity contribution in [2.45, 2.75) is 46.5 Å². The Balaban J connectivity index is 2.13. The van der Waals surface area contributed by atoms with Gasteiger partial charge in [0.2, 0.25) is 5.91 Å². The summed E-state index contributed by atoms with van der Waals surface area (Å²) in [4.78, 5) is 18.0. The maximum Gasteiger partial charge on any atom is 0.222 e. The molecule has 0 aromatic carbocycles. The van der Waals surface area contributed by atoms with Crippen LogP contribution in [-0.2, 0) is 9.53 Å². The van der Waals surface area contributed by atoms with Crippen molar-refractivity contribution in [3.05, 3.63) is 0 Å². The van der Waals surface area contributed by atoms with Crippen LogP contribution in [0.25, 0.3) is 0 Å². The molecule has 2 N–H and O–H groups in total. The molecule has 6 heteroatoms. The van der Waals surface area contributed by atoms with E-state index in [4.69, 9.17) is 4.74 Å². The Morgan fingerprint density at radius 2 is 2.17 bits per heavy atom. The summed E-state index contributed by atoms with van der Waals surface area (Å²) < 4.78 is 5.56. The largest absolute Gasteiger partial charge is 0.381 e. The number of aliphatic imine (C=N–C) groups is 1. The average Bonchev–Trinajstić information content (AvgIpc) is 2.92. The van der Waals surface area contributed by atoms with Gasteiger partial charge < -0.3 is 20.3 Å². The van der Waals surface area contributed by atoms with Crippen molar-refractivity contribution in [1.82, 2.24) is 15.5 Å². The van der Waals surface area contributed by atoms with E-state index in [1.54, 1.807) is 0 Å². The minimum Gasteiger partial charge on any atom is -0.381 e. The minimum absolute atomic E-state index is 0.292. The van der Waals surface area contributed by atoms with E-state index in [0.29, 0.717) is 18.2 Å². The van der Waals surface area contributed by atoms with E-state index in [1.165, 1.54) is 0 Å². The molecule has 0 aromatic rings. The van der Waals surface area contributed by atoms with E-state index in [9.17, 15) is 4.79 Å². The summed E-state index contributed by atoms with van der Waals surface area (Å²) in [5, 5.41) is 6.57. The number of guanidine groups is 1.